The molecule has 1 aromatic carbocycles. The van der Waals surface area contributed by atoms with E-state index in [1.54, 1.807) is 28.8 Å². The number of benzene rings is 1. The van der Waals surface area contributed by atoms with Crippen molar-refractivity contribution in [3.05, 3.63) is 24.3 Å². The molecule has 0 aliphatic carbocycles. The number of phenolic OH excluding ortho intramolecular Hbond substituents is 1. The number of carbonyl (C=O) groups excluding carboxylic acids is 2. The molecule has 1 aromatic rings. The second-order valence-corrected chi connectivity index (χ2v) is 7.81. The van der Waals surface area contributed by atoms with E-state index >= 15 is 0 Å². The first-order chi connectivity index (χ1) is 12.6. The van der Waals surface area contributed by atoms with E-state index < -0.39 is 0 Å². The zero-order chi connectivity index (χ0) is 18.5. The number of ether oxygens (including phenoxy) is 1. The summed E-state index contributed by atoms with van der Waals surface area (Å²) in [6.45, 7) is 4.83. The van der Waals surface area contributed by atoms with Gasteiger partial charge in [-0.15, -0.1) is 11.8 Å². The molecular weight excluding hydrogens is 354 g/mol. The van der Waals surface area contributed by atoms with Crippen molar-refractivity contribution in [2.45, 2.75) is 5.25 Å². The monoisotopic (exact) mass is 379 g/mol. The van der Waals surface area contributed by atoms with Gasteiger partial charge >= 0.3 is 5.97 Å². The van der Waals surface area contributed by atoms with Gasteiger partial charge in [0, 0.05) is 50.7 Å². The number of piperazine rings is 1. The van der Waals surface area contributed by atoms with Crippen molar-refractivity contribution in [3.63, 3.8) is 0 Å². The van der Waals surface area contributed by atoms with Crippen LogP contribution in [-0.4, -0.2) is 90.7 Å². The summed E-state index contributed by atoms with van der Waals surface area (Å²) in [6.07, 6.45) is 0. The predicted molar refractivity (Wildman–Crippen MR) is 102 cm³/mol. The molecule has 8 heteroatoms. The number of thioether (sulfide) groups is 1. The predicted octanol–water partition coefficient (Wildman–Crippen LogP) is 0.631. The summed E-state index contributed by atoms with van der Waals surface area (Å²) in [5.74, 6) is 0.857. The van der Waals surface area contributed by atoms with Crippen LogP contribution < -0.4 is 4.90 Å². The van der Waals surface area contributed by atoms with Crippen LogP contribution in [0.4, 0.5) is 5.69 Å². The van der Waals surface area contributed by atoms with Crippen LogP contribution in [0.5, 0.6) is 5.75 Å². The fraction of sp³-hybridized carbons (Fsp3) is 0.556. The van der Waals surface area contributed by atoms with Gasteiger partial charge in [-0.2, -0.15) is 0 Å². The van der Waals surface area contributed by atoms with Gasteiger partial charge in [0.05, 0.1) is 13.7 Å². The van der Waals surface area contributed by atoms with Gasteiger partial charge in [-0.1, -0.05) is 0 Å². The van der Waals surface area contributed by atoms with Crippen LogP contribution in [0.15, 0.2) is 24.3 Å². The Bertz CT molecular complexity index is 632. The highest BCUT2D eigenvalue weighted by atomic mass is 32.2. The number of phenols is 1. The Kier molecular flexibility index (Phi) is 6.26. The Hall–Kier alpha value is -1.93. The van der Waals surface area contributed by atoms with Crippen molar-refractivity contribution in [1.82, 2.24) is 9.80 Å². The minimum absolute atomic E-state index is 0.0808. The molecule has 3 rings (SSSR count). The second kappa shape index (κ2) is 8.64. The highest BCUT2D eigenvalue weighted by Gasteiger charge is 2.30. The minimum atomic E-state index is -0.274. The number of methoxy groups -OCH3 is 1. The molecule has 0 radical (unpaired) electrons. The number of aromatic hydroxyl groups is 1. The molecule has 0 aromatic heterocycles. The van der Waals surface area contributed by atoms with Gasteiger partial charge in [0.2, 0.25) is 5.91 Å². The summed E-state index contributed by atoms with van der Waals surface area (Å²) in [4.78, 5) is 30.5. The number of esters is 1. The zero-order valence-electron chi connectivity index (χ0n) is 15.0. The summed E-state index contributed by atoms with van der Waals surface area (Å²) < 4.78 is 4.80. The molecule has 1 N–H and O–H groups in total. The average Bonchev–Trinajstić information content (AvgIpc) is 2.68. The number of hydrogen-bond acceptors (Lipinski definition) is 7. The number of hydrogen-bond donors (Lipinski definition) is 1. The highest BCUT2D eigenvalue weighted by Crippen LogP contribution is 2.21. The van der Waals surface area contributed by atoms with Gasteiger partial charge in [0.1, 0.15) is 11.0 Å². The van der Waals surface area contributed by atoms with Crippen molar-refractivity contribution in [2.75, 3.05) is 63.6 Å². The second-order valence-electron chi connectivity index (χ2n) is 6.50. The van der Waals surface area contributed by atoms with Crippen molar-refractivity contribution >= 4 is 29.3 Å². The SMILES string of the molecule is COC(=O)[C@H]1CN(C(=O)CN2CCN(c3ccc(O)cc3)CC2)CCS1. The molecule has 0 unspecified atom stereocenters. The van der Waals surface area contributed by atoms with Crippen LogP contribution in [0.25, 0.3) is 0 Å². The zero-order valence-corrected chi connectivity index (χ0v) is 15.8. The van der Waals surface area contributed by atoms with Crippen molar-refractivity contribution in [1.29, 1.82) is 0 Å². The van der Waals surface area contributed by atoms with E-state index in [9.17, 15) is 14.7 Å². The molecule has 142 valence electrons. The Morgan fingerprint density at radius 1 is 1.15 bits per heavy atom. The van der Waals surface area contributed by atoms with Gasteiger partial charge in [0.15, 0.2) is 0 Å². The molecule has 2 aliphatic heterocycles. The van der Waals surface area contributed by atoms with Crippen molar-refractivity contribution in [3.8, 4) is 5.75 Å². The molecule has 1 amide bonds. The van der Waals surface area contributed by atoms with E-state index in [-0.39, 0.29) is 22.9 Å². The lowest BCUT2D eigenvalue weighted by Crippen LogP contribution is -2.52. The van der Waals surface area contributed by atoms with Crippen LogP contribution >= 0.6 is 11.8 Å². The number of carbonyl (C=O) groups is 2. The topological polar surface area (TPSA) is 73.3 Å². The number of rotatable bonds is 4. The lowest BCUT2D eigenvalue weighted by Gasteiger charge is -2.37. The smallest absolute Gasteiger partial charge is 0.320 e. The molecule has 26 heavy (non-hydrogen) atoms. The highest BCUT2D eigenvalue weighted by molar-refractivity contribution is 8.00. The van der Waals surface area contributed by atoms with Gasteiger partial charge in [-0.05, 0) is 24.3 Å². The quantitative estimate of drug-likeness (QED) is 0.769. The maximum atomic E-state index is 12.6. The average molecular weight is 379 g/mol. The third-order valence-corrected chi connectivity index (χ3v) is 5.99. The number of nitrogens with zero attached hydrogens (tertiary/aromatic N) is 3. The Balaban J connectivity index is 1.47. The van der Waals surface area contributed by atoms with E-state index in [2.05, 4.69) is 9.80 Å². The summed E-state index contributed by atoms with van der Waals surface area (Å²) in [7, 11) is 1.39. The van der Waals surface area contributed by atoms with E-state index in [0.29, 0.717) is 19.6 Å². The molecular formula is C18H25N3O4S. The van der Waals surface area contributed by atoms with Crippen molar-refractivity contribution in [2.24, 2.45) is 0 Å². The normalized spacial score (nSPS) is 21.5. The molecule has 0 spiro atoms. The molecule has 0 saturated carbocycles. The maximum absolute atomic E-state index is 12.6. The molecule has 7 nitrogen and oxygen atoms in total. The summed E-state index contributed by atoms with van der Waals surface area (Å²) in [5.41, 5.74) is 1.09. The van der Waals surface area contributed by atoms with Gasteiger partial charge in [-0.25, -0.2) is 0 Å². The first-order valence-electron chi connectivity index (χ1n) is 8.80. The Morgan fingerprint density at radius 3 is 2.50 bits per heavy atom. The van der Waals surface area contributed by atoms with E-state index in [0.717, 1.165) is 37.6 Å². The molecule has 2 heterocycles. The minimum Gasteiger partial charge on any atom is -0.508 e. The lowest BCUT2D eigenvalue weighted by molar-refractivity contribution is -0.141. The number of amides is 1. The van der Waals surface area contributed by atoms with Crippen molar-refractivity contribution < 1.29 is 19.4 Å². The maximum Gasteiger partial charge on any atom is 0.320 e. The van der Waals surface area contributed by atoms with Crippen LogP contribution in [0.3, 0.4) is 0 Å². The fourth-order valence-corrected chi connectivity index (χ4v) is 4.40. The molecule has 2 aliphatic rings. The summed E-state index contributed by atoms with van der Waals surface area (Å²) in [5, 5.41) is 9.12. The van der Waals surface area contributed by atoms with Gasteiger partial charge in [0.25, 0.3) is 0 Å². The molecule has 0 bridgehead atoms. The summed E-state index contributed by atoms with van der Waals surface area (Å²) >= 11 is 1.56. The van der Waals surface area contributed by atoms with Crippen LogP contribution in [-0.2, 0) is 14.3 Å². The lowest BCUT2D eigenvalue weighted by atomic mass is 10.2. The van der Waals surface area contributed by atoms with Crippen LogP contribution in [0.2, 0.25) is 0 Å². The van der Waals surface area contributed by atoms with Gasteiger partial charge < -0.3 is 19.6 Å². The van der Waals surface area contributed by atoms with E-state index in [1.165, 1.54) is 7.11 Å². The third-order valence-electron chi connectivity index (χ3n) is 4.83. The van der Waals surface area contributed by atoms with Crippen LogP contribution in [0.1, 0.15) is 0 Å². The first kappa shape index (κ1) is 18.8. The molecule has 1 atom stereocenters. The molecule has 2 fully saturated rings. The summed E-state index contributed by atoms with van der Waals surface area (Å²) in [6, 6.07) is 7.21. The Labute approximate surface area is 157 Å². The van der Waals surface area contributed by atoms with E-state index in [4.69, 9.17) is 4.74 Å². The Morgan fingerprint density at radius 2 is 1.85 bits per heavy atom. The fourth-order valence-electron chi connectivity index (χ4n) is 3.27. The molecule has 2 saturated heterocycles. The van der Waals surface area contributed by atoms with Gasteiger partial charge in [-0.3, -0.25) is 14.5 Å². The number of anilines is 1. The third kappa shape index (κ3) is 4.62. The first-order valence-corrected chi connectivity index (χ1v) is 9.85. The standard InChI is InChI=1S/C18H25N3O4S/c1-25-18(24)16-12-21(10-11-26-16)17(23)13-19-6-8-20(9-7-19)14-2-4-15(22)5-3-14/h2-5,16,22H,6-13H2,1H3/t16-/m1/s1. The van der Waals surface area contributed by atoms with E-state index in [1.807, 2.05) is 12.1 Å². The van der Waals surface area contributed by atoms with Crippen LogP contribution in [0, 0.1) is 0 Å². The largest absolute Gasteiger partial charge is 0.508 e.